The number of ketones is 1. The topological polar surface area (TPSA) is 29.1 Å². The Hall–Kier alpha value is -0.370. The van der Waals surface area contributed by atoms with Gasteiger partial charge in [0.25, 0.3) is 0 Å². The summed E-state index contributed by atoms with van der Waals surface area (Å²) in [6.45, 7) is 1.95. The van der Waals surface area contributed by atoms with Gasteiger partial charge < -0.3 is 5.32 Å². The number of hydrogen-bond acceptors (Lipinski definition) is 2. The van der Waals surface area contributed by atoms with E-state index in [1.807, 2.05) is 14.0 Å². The van der Waals surface area contributed by atoms with Crippen LogP contribution in [0.2, 0.25) is 0 Å². The second kappa shape index (κ2) is 4.75. The third-order valence-corrected chi connectivity index (χ3v) is 3.27. The first kappa shape index (κ1) is 10.7. The first-order chi connectivity index (χ1) is 6.22. The van der Waals surface area contributed by atoms with Crippen LogP contribution >= 0.6 is 0 Å². The predicted molar refractivity (Wildman–Crippen MR) is 54.8 cm³/mol. The Labute approximate surface area is 81.1 Å². The second-order valence-electron chi connectivity index (χ2n) is 4.16. The van der Waals surface area contributed by atoms with Crippen LogP contribution in [0.1, 0.15) is 51.9 Å². The molecule has 1 aliphatic carbocycles. The summed E-state index contributed by atoms with van der Waals surface area (Å²) in [7, 11) is 1.99. The molecule has 2 nitrogen and oxygen atoms in total. The van der Waals surface area contributed by atoms with E-state index in [9.17, 15) is 4.79 Å². The number of rotatable bonds is 4. The minimum absolute atomic E-state index is 0.144. The van der Waals surface area contributed by atoms with Gasteiger partial charge in [-0.1, -0.05) is 26.2 Å². The Morgan fingerprint density at radius 3 is 2.38 bits per heavy atom. The highest BCUT2D eigenvalue weighted by Gasteiger charge is 2.31. The molecule has 0 aliphatic heterocycles. The summed E-state index contributed by atoms with van der Waals surface area (Å²) in [4.78, 5) is 11.4. The van der Waals surface area contributed by atoms with Crippen LogP contribution in [-0.2, 0) is 4.79 Å². The van der Waals surface area contributed by atoms with Crippen molar-refractivity contribution in [3.05, 3.63) is 0 Å². The number of carbonyl (C=O) groups excluding carboxylic acids is 1. The zero-order valence-electron chi connectivity index (χ0n) is 8.86. The van der Waals surface area contributed by atoms with Crippen LogP contribution in [0, 0.1) is 0 Å². The molecular weight excluding hydrogens is 162 g/mol. The fraction of sp³-hybridized carbons (Fsp3) is 0.909. The van der Waals surface area contributed by atoms with Gasteiger partial charge in [0.1, 0.15) is 5.78 Å². The van der Waals surface area contributed by atoms with Crippen molar-refractivity contribution in [1.29, 1.82) is 0 Å². The Kier molecular flexibility index (Phi) is 3.91. The van der Waals surface area contributed by atoms with E-state index < -0.39 is 0 Å². The van der Waals surface area contributed by atoms with Gasteiger partial charge in [-0.05, 0) is 19.9 Å². The van der Waals surface area contributed by atoms with Gasteiger partial charge in [-0.25, -0.2) is 0 Å². The lowest BCUT2D eigenvalue weighted by molar-refractivity contribution is -0.120. The Balaban J connectivity index is 2.52. The molecule has 0 bridgehead atoms. The van der Waals surface area contributed by atoms with Crippen LogP contribution < -0.4 is 5.32 Å². The van der Waals surface area contributed by atoms with E-state index in [0.717, 1.165) is 6.42 Å². The molecule has 1 fully saturated rings. The quantitative estimate of drug-likeness (QED) is 0.724. The highest BCUT2D eigenvalue weighted by atomic mass is 16.1. The third kappa shape index (κ3) is 2.80. The second-order valence-corrected chi connectivity index (χ2v) is 4.16. The number of carbonyl (C=O) groups is 1. The van der Waals surface area contributed by atoms with E-state index in [4.69, 9.17) is 0 Å². The number of hydrogen-bond donors (Lipinski definition) is 1. The van der Waals surface area contributed by atoms with Crippen molar-refractivity contribution in [2.24, 2.45) is 0 Å². The molecule has 13 heavy (non-hydrogen) atoms. The summed E-state index contributed by atoms with van der Waals surface area (Å²) in [5.74, 6) is 0.399. The van der Waals surface area contributed by atoms with Crippen molar-refractivity contribution in [2.45, 2.75) is 57.4 Å². The minimum Gasteiger partial charge on any atom is -0.314 e. The van der Waals surface area contributed by atoms with Crippen LogP contribution in [0.15, 0.2) is 0 Å². The fourth-order valence-electron chi connectivity index (χ4n) is 2.25. The van der Waals surface area contributed by atoms with Crippen LogP contribution in [-0.4, -0.2) is 18.4 Å². The van der Waals surface area contributed by atoms with E-state index in [2.05, 4.69) is 5.32 Å². The normalized spacial score (nSPS) is 21.4. The molecule has 2 heteroatoms. The number of Topliss-reactive ketones (excluding diaryl/α,β-unsaturated/α-hetero) is 1. The molecule has 1 saturated carbocycles. The van der Waals surface area contributed by atoms with Crippen LogP contribution in [0.25, 0.3) is 0 Å². The zero-order chi connectivity index (χ0) is 9.73. The van der Waals surface area contributed by atoms with Crippen molar-refractivity contribution in [3.63, 3.8) is 0 Å². The molecular formula is C11H21NO. The Morgan fingerprint density at radius 2 is 1.92 bits per heavy atom. The molecule has 0 saturated heterocycles. The van der Waals surface area contributed by atoms with E-state index in [0.29, 0.717) is 12.2 Å². The van der Waals surface area contributed by atoms with Gasteiger partial charge in [-0.15, -0.1) is 0 Å². The monoisotopic (exact) mass is 183 g/mol. The summed E-state index contributed by atoms with van der Waals surface area (Å²) in [5, 5.41) is 3.36. The lowest BCUT2D eigenvalue weighted by Gasteiger charge is -2.36. The van der Waals surface area contributed by atoms with Gasteiger partial charge in [0.2, 0.25) is 0 Å². The van der Waals surface area contributed by atoms with E-state index in [1.54, 1.807) is 0 Å². The minimum atomic E-state index is 0.144. The zero-order valence-corrected chi connectivity index (χ0v) is 8.86. The molecule has 0 heterocycles. The molecule has 76 valence electrons. The average Bonchev–Trinajstić information content (AvgIpc) is 2.19. The molecule has 0 aromatic rings. The fourth-order valence-corrected chi connectivity index (χ4v) is 2.25. The van der Waals surface area contributed by atoms with Gasteiger partial charge in [-0.3, -0.25) is 4.79 Å². The summed E-state index contributed by atoms with van der Waals surface area (Å²) in [6.07, 6.45) is 7.66. The van der Waals surface area contributed by atoms with Crippen molar-refractivity contribution in [1.82, 2.24) is 5.32 Å². The maximum absolute atomic E-state index is 11.4. The summed E-state index contributed by atoms with van der Waals surface area (Å²) in [6, 6.07) is 0. The van der Waals surface area contributed by atoms with Crippen LogP contribution in [0.3, 0.4) is 0 Å². The van der Waals surface area contributed by atoms with Gasteiger partial charge >= 0.3 is 0 Å². The molecule has 1 aliphatic rings. The Bertz CT molecular complexity index is 171. The van der Waals surface area contributed by atoms with Gasteiger partial charge in [0.05, 0.1) is 0 Å². The molecule has 0 aromatic carbocycles. The third-order valence-electron chi connectivity index (χ3n) is 3.27. The van der Waals surface area contributed by atoms with Gasteiger partial charge in [0, 0.05) is 18.4 Å². The summed E-state index contributed by atoms with van der Waals surface area (Å²) in [5.41, 5.74) is 0.144. The van der Waals surface area contributed by atoms with E-state index in [-0.39, 0.29) is 5.54 Å². The van der Waals surface area contributed by atoms with E-state index >= 15 is 0 Å². The highest BCUT2D eigenvalue weighted by molar-refractivity contribution is 5.79. The molecule has 0 unspecified atom stereocenters. The molecule has 0 aromatic heterocycles. The molecule has 0 spiro atoms. The average molecular weight is 183 g/mol. The first-order valence-electron chi connectivity index (χ1n) is 5.43. The maximum atomic E-state index is 11.4. The lowest BCUT2D eigenvalue weighted by Crippen LogP contribution is -2.46. The summed E-state index contributed by atoms with van der Waals surface area (Å²) < 4.78 is 0. The maximum Gasteiger partial charge on any atom is 0.134 e. The van der Waals surface area contributed by atoms with Crippen LogP contribution in [0.5, 0.6) is 0 Å². The van der Waals surface area contributed by atoms with Crippen LogP contribution in [0.4, 0.5) is 0 Å². The number of nitrogens with one attached hydrogen (secondary N) is 1. The molecule has 0 amide bonds. The largest absolute Gasteiger partial charge is 0.314 e. The Morgan fingerprint density at radius 1 is 1.31 bits per heavy atom. The smallest absolute Gasteiger partial charge is 0.134 e. The molecule has 1 N–H and O–H groups in total. The van der Waals surface area contributed by atoms with Crippen molar-refractivity contribution in [2.75, 3.05) is 7.05 Å². The van der Waals surface area contributed by atoms with Gasteiger partial charge in [0.15, 0.2) is 0 Å². The summed E-state index contributed by atoms with van der Waals surface area (Å²) >= 11 is 0. The van der Waals surface area contributed by atoms with Crippen molar-refractivity contribution in [3.8, 4) is 0 Å². The SMILES string of the molecule is CCC(=O)CC1(NC)CCCCC1. The lowest BCUT2D eigenvalue weighted by atomic mass is 9.78. The van der Waals surface area contributed by atoms with Crippen molar-refractivity contribution >= 4 is 5.78 Å². The van der Waals surface area contributed by atoms with E-state index in [1.165, 1.54) is 32.1 Å². The molecule has 0 atom stereocenters. The first-order valence-corrected chi connectivity index (χ1v) is 5.43. The predicted octanol–water partition coefficient (Wildman–Crippen LogP) is 2.28. The van der Waals surface area contributed by atoms with Gasteiger partial charge in [-0.2, -0.15) is 0 Å². The molecule has 0 radical (unpaired) electrons. The van der Waals surface area contributed by atoms with Crippen molar-refractivity contribution < 1.29 is 4.79 Å². The standard InChI is InChI=1S/C11H21NO/c1-3-10(13)9-11(12-2)7-5-4-6-8-11/h12H,3-9H2,1-2H3. The highest BCUT2D eigenvalue weighted by Crippen LogP contribution is 2.31. The molecule has 1 rings (SSSR count).